The number of benzene rings is 1. The highest BCUT2D eigenvalue weighted by Crippen LogP contribution is 2.28. The molecule has 1 heterocycles. The van der Waals surface area contributed by atoms with Crippen LogP contribution < -0.4 is 9.47 Å². The molecule has 0 bridgehead atoms. The summed E-state index contributed by atoms with van der Waals surface area (Å²) in [5, 5.41) is 0. The van der Waals surface area contributed by atoms with E-state index in [-0.39, 0.29) is 0 Å². The minimum Gasteiger partial charge on any atom is -0.494 e. The molecule has 24 heavy (non-hydrogen) atoms. The molecule has 0 aliphatic carbocycles. The van der Waals surface area contributed by atoms with E-state index < -0.39 is 8.80 Å². The molecule has 1 aliphatic rings. The molecule has 0 atom stereocenters. The Morgan fingerprint density at radius 1 is 1.04 bits per heavy atom. The summed E-state index contributed by atoms with van der Waals surface area (Å²) >= 11 is 0. The molecule has 0 radical (unpaired) electrons. The first-order valence-corrected chi connectivity index (χ1v) is 10.5. The van der Waals surface area contributed by atoms with Crippen LogP contribution in [0.5, 0.6) is 11.5 Å². The number of ether oxygens (including phenoxy) is 3. The minimum absolute atomic E-state index is 0.312. The molecular weight excluding hydrogens is 328 g/mol. The van der Waals surface area contributed by atoms with Gasteiger partial charge < -0.3 is 27.5 Å². The Hall–Kier alpha value is -1.12. The topological polar surface area (TPSA) is 55.4 Å². The molecule has 0 unspecified atom stereocenters. The van der Waals surface area contributed by atoms with Gasteiger partial charge in [-0.3, -0.25) is 0 Å². The van der Waals surface area contributed by atoms with Gasteiger partial charge in [0.1, 0.15) is 11.5 Å². The number of hydrogen-bond donors (Lipinski definition) is 0. The molecule has 0 amide bonds. The number of hydrogen-bond acceptors (Lipinski definition) is 6. The second-order valence-electron chi connectivity index (χ2n) is 5.31. The molecule has 0 saturated heterocycles. The van der Waals surface area contributed by atoms with Gasteiger partial charge in [-0.2, -0.15) is 0 Å². The van der Waals surface area contributed by atoms with Crippen LogP contribution in [0.1, 0.15) is 32.8 Å². The van der Waals surface area contributed by atoms with Crippen molar-refractivity contribution in [2.45, 2.75) is 39.8 Å². The average Bonchev–Trinajstić information content (AvgIpc) is 2.59. The highest BCUT2D eigenvalue weighted by atomic mass is 28.4. The quantitative estimate of drug-likeness (QED) is 0.448. The van der Waals surface area contributed by atoms with Crippen molar-refractivity contribution in [2.75, 3.05) is 33.2 Å². The Morgan fingerprint density at radius 2 is 1.75 bits per heavy atom. The predicted molar refractivity (Wildman–Crippen MR) is 92.3 cm³/mol. The largest absolute Gasteiger partial charge is 0.501 e. The van der Waals surface area contributed by atoms with Crippen LogP contribution >= 0.6 is 0 Å². The van der Waals surface area contributed by atoms with E-state index in [1.54, 1.807) is 0 Å². The van der Waals surface area contributed by atoms with Crippen molar-refractivity contribution >= 4 is 8.80 Å². The SMILES string of the molecule is CCO[Si](CCCOc1ccc2c(c1)COCO2)(OCC)OCC. The summed E-state index contributed by atoms with van der Waals surface area (Å²) in [6.45, 7) is 9.14. The molecule has 0 N–H and O–H groups in total. The Kier molecular flexibility index (Phi) is 8.00. The second-order valence-corrected chi connectivity index (χ2v) is 8.05. The first kappa shape index (κ1) is 19.2. The standard InChI is InChI=1S/C17H28O6Si/c1-4-21-24(22-5-2,23-6-3)11-7-10-19-16-8-9-17-15(12-16)13-18-14-20-17/h8-9,12H,4-7,10-11,13-14H2,1-3H3. The van der Waals surface area contributed by atoms with Crippen molar-refractivity contribution in [3.8, 4) is 11.5 Å². The lowest BCUT2D eigenvalue weighted by molar-refractivity contribution is -0.0165. The fourth-order valence-corrected chi connectivity index (χ4v) is 5.22. The van der Waals surface area contributed by atoms with E-state index in [1.165, 1.54) is 0 Å². The first-order chi connectivity index (χ1) is 11.7. The summed E-state index contributed by atoms with van der Waals surface area (Å²) in [6.07, 6.45) is 0.816. The fourth-order valence-electron chi connectivity index (χ4n) is 2.64. The van der Waals surface area contributed by atoms with Crippen LogP contribution in [0.2, 0.25) is 6.04 Å². The van der Waals surface area contributed by atoms with E-state index >= 15 is 0 Å². The highest BCUT2D eigenvalue weighted by molar-refractivity contribution is 6.60. The van der Waals surface area contributed by atoms with E-state index in [4.69, 9.17) is 27.5 Å². The van der Waals surface area contributed by atoms with E-state index in [9.17, 15) is 0 Å². The van der Waals surface area contributed by atoms with Crippen LogP contribution in [0.25, 0.3) is 0 Å². The molecule has 0 saturated carbocycles. The van der Waals surface area contributed by atoms with Crippen molar-refractivity contribution in [1.29, 1.82) is 0 Å². The van der Waals surface area contributed by atoms with Crippen molar-refractivity contribution in [2.24, 2.45) is 0 Å². The summed E-state index contributed by atoms with van der Waals surface area (Å²) in [7, 11) is -2.58. The summed E-state index contributed by atoms with van der Waals surface area (Å²) in [4.78, 5) is 0. The number of rotatable bonds is 11. The lowest BCUT2D eigenvalue weighted by Crippen LogP contribution is -2.46. The van der Waals surface area contributed by atoms with Gasteiger partial charge >= 0.3 is 8.80 Å². The molecular formula is C17H28O6Si. The predicted octanol–water partition coefficient (Wildman–Crippen LogP) is 3.37. The molecule has 0 fully saturated rings. The molecule has 0 aromatic heterocycles. The molecule has 136 valence electrons. The lowest BCUT2D eigenvalue weighted by atomic mass is 10.2. The smallest absolute Gasteiger partial charge is 0.494 e. The maximum absolute atomic E-state index is 5.85. The Bertz CT molecular complexity index is 479. The summed E-state index contributed by atoms with van der Waals surface area (Å²) in [6, 6.07) is 6.56. The normalized spacial score (nSPS) is 14.1. The van der Waals surface area contributed by atoms with Crippen LogP contribution in [-0.2, 0) is 24.6 Å². The van der Waals surface area contributed by atoms with Crippen molar-refractivity contribution in [3.05, 3.63) is 23.8 Å². The minimum atomic E-state index is -2.58. The first-order valence-electron chi connectivity index (χ1n) is 8.61. The Morgan fingerprint density at radius 3 is 2.42 bits per heavy atom. The molecule has 7 heteroatoms. The van der Waals surface area contributed by atoms with Gasteiger partial charge in [-0.25, -0.2) is 0 Å². The summed E-state index contributed by atoms with van der Waals surface area (Å²) in [5.74, 6) is 1.68. The van der Waals surface area contributed by atoms with E-state index in [1.807, 2.05) is 39.0 Å². The zero-order valence-corrected chi connectivity index (χ0v) is 15.8. The number of fused-ring (bicyclic) bond motifs is 1. The van der Waals surface area contributed by atoms with Crippen LogP contribution in [0.4, 0.5) is 0 Å². The van der Waals surface area contributed by atoms with Crippen LogP contribution in [0, 0.1) is 0 Å². The van der Waals surface area contributed by atoms with Crippen LogP contribution in [0.15, 0.2) is 18.2 Å². The van der Waals surface area contributed by atoms with Crippen molar-refractivity contribution < 1.29 is 27.5 Å². The van der Waals surface area contributed by atoms with E-state index in [0.717, 1.165) is 29.5 Å². The van der Waals surface area contributed by atoms with Gasteiger partial charge in [0.25, 0.3) is 0 Å². The Labute approximate surface area is 145 Å². The molecule has 0 spiro atoms. The van der Waals surface area contributed by atoms with Gasteiger partial charge in [0.2, 0.25) is 0 Å². The third kappa shape index (κ3) is 5.46. The fraction of sp³-hybridized carbons (Fsp3) is 0.647. The van der Waals surface area contributed by atoms with Gasteiger partial charge in [-0.1, -0.05) is 0 Å². The van der Waals surface area contributed by atoms with Gasteiger partial charge in [-0.05, 0) is 45.4 Å². The zero-order valence-electron chi connectivity index (χ0n) is 14.8. The van der Waals surface area contributed by atoms with E-state index in [0.29, 0.717) is 39.8 Å². The maximum Gasteiger partial charge on any atom is 0.501 e. The third-order valence-electron chi connectivity index (χ3n) is 3.58. The summed E-state index contributed by atoms with van der Waals surface area (Å²) < 4.78 is 34.1. The molecule has 1 aliphatic heterocycles. The van der Waals surface area contributed by atoms with E-state index in [2.05, 4.69) is 0 Å². The third-order valence-corrected chi connectivity index (χ3v) is 6.73. The van der Waals surface area contributed by atoms with Gasteiger partial charge in [0.05, 0.1) is 13.2 Å². The zero-order chi connectivity index (χ0) is 17.3. The van der Waals surface area contributed by atoms with Crippen LogP contribution in [0.3, 0.4) is 0 Å². The Balaban J connectivity index is 1.83. The van der Waals surface area contributed by atoms with Crippen molar-refractivity contribution in [1.82, 2.24) is 0 Å². The van der Waals surface area contributed by atoms with Crippen LogP contribution in [-0.4, -0.2) is 42.0 Å². The van der Waals surface area contributed by atoms with Crippen molar-refractivity contribution in [3.63, 3.8) is 0 Å². The molecule has 6 nitrogen and oxygen atoms in total. The lowest BCUT2D eigenvalue weighted by Gasteiger charge is -2.28. The van der Waals surface area contributed by atoms with Gasteiger partial charge in [0.15, 0.2) is 6.79 Å². The second kappa shape index (κ2) is 10.0. The summed E-state index contributed by atoms with van der Waals surface area (Å²) in [5.41, 5.74) is 1.01. The highest BCUT2D eigenvalue weighted by Gasteiger charge is 2.39. The van der Waals surface area contributed by atoms with Gasteiger partial charge in [0, 0.05) is 31.4 Å². The molecule has 1 aromatic carbocycles. The monoisotopic (exact) mass is 356 g/mol. The average molecular weight is 356 g/mol. The molecule has 1 aromatic rings. The van der Waals surface area contributed by atoms with Gasteiger partial charge in [-0.15, -0.1) is 0 Å². The molecule has 2 rings (SSSR count). The maximum atomic E-state index is 5.85.